The van der Waals surface area contributed by atoms with Crippen LogP contribution < -0.4 is 4.74 Å². The fourth-order valence-corrected chi connectivity index (χ4v) is 3.50. The molecule has 0 bridgehead atoms. The Hall–Kier alpha value is -2.03. The highest BCUT2D eigenvalue weighted by molar-refractivity contribution is 9.10. The van der Waals surface area contributed by atoms with Crippen LogP contribution in [0.4, 0.5) is 0 Å². The van der Waals surface area contributed by atoms with Gasteiger partial charge in [-0.3, -0.25) is 4.79 Å². The number of rotatable bonds is 8. The monoisotopic (exact) mass is 426 g/mol. The summed E-state index contributed by atoms with van der Waals surface area (Å²) in [6.07, 6.45) is -0.118. The smallest absolute Gasteiger partial charge is 0.353 e. The molecule has 132 valence electrons. The van der Waals surface area contributed by atoms with Gasteiger partial charge in [-0.1, -0.05) is 28.1 Å². The number of carboxylic acids is 2. The number of ether oxygens (including phenoxy) is 1. The van der Waals surface area contributed by atoms with E-state index in [-0.39, 0.29) is 12.2 Å². The van der Waals surface area contributed by atoms with E-state index in [2.05, 4.69) is 15.9 Å². The van der Waals surface area contributed by atoms with Crippen LogP contribution in [-0.2, 0) is 32.9 Å². The van der Waals surface area contributed by atoms with Crippen LogP contribution in [0.5, 0.6) is 11.5 Å². The van der Waals surface area contributed by atoms with Crippen LogP contribution in [0.15, 0.2) is 46.9 Å². The van der Waals surface area contributed by atoms with E-state index >= 15 is 0 Å². The van der Waals surface area contributed by atoms with E-state index in [9.17, 15) is 14.1 Å². The zero-order chi connectivity index (χ0) is 18.4. The molecular formula is C17H15BrO6S. The third-order valence-corrected chi connectivity index (χ3v) is 4.80. The lowest BCUT2D eigenvalue weighted by molar-refractivity contribution is -0.136. The summed E-state index contributed by atoms with van der Waals surface area (Å²) in [6, 6.07) is 11.8. The normalized spacial score (nSPS) is 11.8. The Morgan fingerprint density at radius 1 is 1.12 bits per heavy atom. The Balaban J connectivity index is 2.21. The molecule has 0 heterocycles. The summed E-state index contributed by atoms with van der Waals surface area (Å²) in [7, 11) is 0. The molecule has 0 fully saturated rings. The molecule has 2 aromatic rings. The van der Waals surface area contributed by atoms with E-state index in [1.807, 2.05) is 0 Å². The fraction of sp³-hybridized carbons (Fsp3) is 0.176. The number of benzene rings is 2. The summed E-state index contributed by atoms with van der Waals surface area (Å²) in [5.41, 5.74) is 1.19. The second-order valence-electron chi connectivity index (χ2n) is 5.19. The van der Waals surface area contributed by atoms with Crippen LogP contribution in [0.25, 0.3) is 0 Å². The van der Waals surface area contributed by atoms with Crippen LogP contribution >= 0.6 is 15.9 Å². The molecule has 0 aromatic heterocycles. The molecule has 25 heavy (non-hydrogen) atoms. The number of carboxylic acid groups (broad SMARTS) is 2. The largest absolute Gasteiger partial charge is 0.616 e. The van der Waals surface area contributed by atoms with Gasteiger partial charge < -0.3 is 19.5 Å². The molecule has 0 radical (unpaired) electrons. The van der Waals surface area contributed by atoms with E-state index in [1.54, 1.807) is 42.5 Å². The zero-order valence-corrected chi connectivity index (χ0v) is 15.4. The highest BCUT2D eigenvalue weighted by Gasteiger charge is 2.17. The second kappa shape index (κ2) is 8.89. The molecule has 0 saturated heterocycles. The maximum Gasteiger partial charge on any atom is 0.353 e. The van der Waals surface area contributed by atoms with Crippen LogP contribution in [0.3, 0.4) is 0 Å². The van der Waals surface area contributed by atoms with Gasteiger partial charge in [-0.05, 0) is 47.1 Å². The van der Waals surface area contributed by atoms with Gasteiger partial charge >= 0.3 is 11.9 Å². The molecule has 1 atom stereocenters. The van der Waals surface area contributed by atoms with Gasteiger partial charge in [0, 0.05) is 10.0 Å². The van der Waals surface area contributed by atoms with Crippen molar-refractivity contribution >= 4 is 39.0 Å². The average molecular weight is 427 g/mol. The predicted molar refractivity (Wildman–Crippen MR) is 96.3 cm³/mol. The van der Waals surface area contributed by atoms with E-state index in [1.165, 1.54) is 0 Å². The van der Waals surface area contributed by atoms with E-state index < -0.39 is 28.9 Å². The lowest BCUT2D eigenvalue weighted by Crippen LogP contribution is -2.17. The molecule has 0 spiro atoms. The molecule has 0 saturated carbocycles. The van der Waals surface area contributed by atoms with Crippen molar-refractivity contribution in [1.82, 2.24) is 0 Å². The number of halogens is 1. The van der Waals surface area contributed by atoms with Gasteiger partial charge in [0.05, 0.1) is 6.42 Å². The van der Waals surface area contributed by atoms with Crippen molar-refractivity contribution < 1.29 is 29.1 Å². The molecule has 8 heteroatoms. The summed E-state index contributed by atoms with van der Waals surface area (Å²) >= 11 is 1.76. The highest BCUT2D eigenvalue weighted by Crippen LogP contribution is 2.30. The molecule has 6 nitrogen and oxygen atoms in total. The summed E-state index contributed by atoms with van der Waals surface area (Å²) < 4.78 is 18.5. The van der Waals surface area contributed by atoms with Crippen LogP contribution in [0, 0.1) is 0 Å². The summed E-state index contributed by atoms with van der Waals surface area (Å²) in [6.45, 7) is 0. The van der Waals surface area contributed by atoms with Crippen molar-refractivity contribution in [3.63, 3.8) is 0 Å². The number of hydrogen-bond acceptors (Lipinski definition) is 4. The third kappa shape index (κ3) is 6.41. The molecule has 0 aliphatic rings. The van der Waals surface area contributed by atoms with Crippen molar-refractivity contribution in [2.45, 2.75) is 12.2 Å². The van der Waals surface area contributed by atoms with Gasteiger partial charge in [0.1, 0.15) is 17.3 Å². The summed E-state index contributed by atoms with van der Waals surface area (Å²) in [5.74, 6) is -1.58. The first-order valence-electron chi connectivity index (χ1n) is 7.17. The number of hydrogen-bond donors (Lipinski definition) is 2. The summed E-state index contributed by atoms with van der Waals surface area (Å²) in [4.78, 5) is 21.5. The molecule has 0 aliphatic heterocycles. The van der Waals surface area contributed by atoms with Gasteiger partial charge in [-0.2, -0.15) is 0 Å². The van der Waals surface area contributed by atoms with E-state index in [0.29, 0.717) is 22.6 Å². The van der Waals surface area contributed by atoms with Crippen molar-refractivity contribution in [3.05, 3.63) is 58.1 Å². The predicted octanol–water partition coefficient (Wildman–Crippen LogP) is 3.20. The van der Waals surface area contributed by atoms with E-state index in [4.69, 9.17) is 14.9 Å². The minimum Gasteiger partial charge on any atom is -0.616 e. The van der Waals surface area contributed by atoms with Gasteiger partial charge in [-0.25, -0.2) is 4.79 Å². The lowest BCUT2D eigenvalue weighted by atomic mass is 10.1. The third-order valence-electron chi connectivity index (χ3n) is 3.11. The topological polar surface area (TPSA) is 107 Å². The van der Waals surface area contributed by atoms with Gasteiger partial charge in [0.25, 0.3) is 0 Å². The highest BCUT2D eigenvalue weighted by atomic mass is 79.9. The first kappa shape index (κ1) is 19.3. The Labute approximate surface area is 155 Å². The molecule has 0 amide bonds. The molecule has 2 aromatic carbocycles. The Kier molecular flexibility index (Phi) is 6.86. The minimum atomic E-state index is -1.57. The van der Waals surface area contributed by atoms with Gasteiger partial charge in [0.2, 0.25) is 5.75 Å². The maximum absolute atomic E-state index is 11.9. The molecule has 2 N–H and O–H groups in total. The Morgan fingerprint density at radius 3 is 2.56 bits per heavy atom. The number of aliphatic carboxylic acids is 2. The quantitative estimate of drug-likeness (QED) is 0.627. The Morgan fingerprint density at radius 2 is 1.88 bits per heavy atom. The lowest BCUT2D eigenvalue weighted by Gasteiger charge is -2.14. The van der Waals surface area contributed by atoms with Crippen molar-refractivity contribution in [2.75, 3.05) is 5.75 Å². The maximum atomic E-state index is 11.9. The van der Waals surface area contributed by atoms with E-state index in [0.717, 1.165) is 4.47 Å². The minimum absolute atomic E-state index is 0.0376. The van der Waals surface area contributed by atoms with Crippen LogP contribution in [0.1, 0.15) is 11.1 Å². The molecule has 0 aliphatic carbocycles. The van der Waals surface area contributed by atoms with Crippen LogP contribution in [0.2, 0.25) is 0 Å². The van der Waals surface area contributed by atoms with Crippen molar-refractivity contribution in [1.29, 1.82) is 0 Å². The molecular weight excluding hydrogens is 412 g/mol. The first-order chi connectivity index (χ1) is 11.8. The van der Waals surface area contributed by atoms with Gasteiger partial charge in [-0.15, -0.1) is 0 Å². The average Bonchev–Trinajstić information content (AvgIpc) is 2.49. The first-order valence-corrected chi connectivity index (χ1v) is 9.45. The molecule has 2 rings (SSSR count). The molecule has 1 unspecified atom stereocenters. The second-order valence-corrected chi connectivity index (χ2v) is 7.57. The Bertz CT molecular complexity index is 779. The fourth-order valence-electron chi connectivity index (χ4n) is 2.14. The SMILES string of the molecule is O=C(O)Cc1cccc(Oc2ccc(Br)cc2C[S+]([O-])CC(=O)O)c1. The number of carbonyl (C=O) groups is 2. The standard InChI is InChI=1S/C17H15BrO6S/c18-13-4-5-15(12(8-13)9-25(23)10-17(21)22)24-14-3-1-2-11(6-14)7-16(19)20/h1-6,8H,7,9-10H2,(H,19,20)(H,21,22). The van der Waals surface area contributed by atoms with Crippen LogP contribution in [-0.4, -0.2) is 32.5 Å². The summed E-state index contributed by atoms with van der Waals surface area (Å²) in [5, 5.41) is 17.6. The van der Waals surface area contributed by atoms with Crippen molar-refractivity contribution in [3.8, 4) is 11.5 Å². The van der Waals surface area contributed by atoms with Gasteiger partial charge in [0.15, 0.2) is 0 Å². The zero-order valence-electron chi connectivity index (χ0n) is 13.0. The van der Waals surface area contributed by atoms with Crippen molar-refractivity contribution in [2.24, 2.45) is 0 Å².